The third-order valence-corrected chi connectivity index (χ3v) is 5.50. The summed E-state index contributed by atoms with van der Waals surface area (Å²) in [6.07, 6.45) is 3.51. The zero-order chi connectivity index (χ0) is 19.2. The third-order valence-electron chi connectivity index (χ3n) is 4.21. The number of carbonyl (C=O) groups excluding carboxylic acids is 1. The summed E-state index contributed by atoms with van der Waals surface area (Å²) in [5, 5.41) is 5.59. The molecule has 0 N–H and O–H groups in total. The van der Waals surface area contributed by atoms with Crippen LogP contribution in [0, 0.1) is 0 Å². The molecule has 2 aromatic rings. The summed E-state index contributed by atoms with van der Waals surface area (Å²) < 4.78 is 0.443. The van der Waals surface area contributed by atoms with Gasteiger partial charge in [0.2, 0.25) is 0 Å². The molecule has 1 fully saturated rings. The van der Waals surface area contributed by atoms with Gasteiger partial charge in [-0.25, -0.2) is 0 Å². The maximum atomic E-state index is 12.6. The van der Waals surface area contributed by atoms with Crippen LogP contribution in [0.3, 0.4) is 0 Å². The van der Waals surface area contributed by atoms with Gasteiger partial charge in [0.15, 0.2) is 4.32 Å². The number of nitrogens with zero attached hydrogens (tertiary/aromatic N) is 3. The summed E-state index contributed by atoms with van der Waals surface area (Å²) in [4.78, 5) is 15.5. The first-order valence-electron chi connectivity index (χ1n) is 8.84. The second-order valence-corrected chi connectivity index (χ2v) is 7.59. The van der Waals surface area contributed by atoms with Crippen molar-refractivity contribution in [3.05, 3.63) is 70.6 Å². The van der Waals surface area contributed by atoms with Gasteiger partial charge >= 0.3 is 0 Å². The SMILES string of the molecule is CCN(CC)c1ccc(/C=N/N2C(=O)/C(=C\c3ccccc3)SC2=S)cc1. The molecule has 0 radical (unpaired) electrons. The molecule has 27 heavy (non-hydrogen) atoms. The Balaban J connectivity index is 1.72. The Bertz CT molecular complexity index is 872. The molecule has 1 aliphatic heterocycles. The van der Waals surface area contributed by atoms with Crippen LogP contribution in [0.25, 0.3) is 6.08 Å². The van der Waals surface area contributed by atoms with Crippen LogP contribution in [-0.4, -0.2) is 34.5 Å². The number of carbonyl (C=O) groups is 1. The van der Waals surface area contributed by atoms with Crippen LogP contribution < -0.4 is 4.90 Å². The van der Waals surface area contributed by atoms with Crippen molar-refractivity contribution in [3.63, 3.8) is 0 Å². The van der Waals surface area contributed by atoms with Crippen molar-refractivity contribution in [3.8, 4) is 0 Å². The van der Waals surface area contributed by atoms with E-state index < -0.39 is 0 Å². The Morgan fingerprint density at radius 3 is 2.33 bits per heavy atom. The van der Waals surface area contributed by atoms with Crippen LogP contribution in [0.4, 0.5) is 5.69 Å². The van der Waals surface area contributed by atoms with E-state index in [1.807, 2.05) is 48.5 Å². The molecule has 0 unspecified atom stereocenters. The summed E-state index contributed by atoms with van der Waals surface area (Å²) >= 11 is 6.59. The molecule has 3 rings (SSSR count). The van der Waals surface area contributed by atoms with Crippen LogP contribution in [0.5, 0.6) is 0 Å². The van der Waals surface area contributed by atoms with Crippen LogP contribution >= 0.6 is 24.0 Å². The fourth-order valence-electron chi connectivity index (χ4n) is 2.74. The number of hydrogen-bond donors (Lipinski definition) is 0. The van der Waals surface area contributed by atoms with E-state index in [2.05, 4.69) is 36.0 Å². The number of amides is 1. The molecule has 1 amide bonds. The van der Waals surface area contributed by atoms with Crippen molar-refractivity contribution in [2.45, 2.75) is 13.8 Å². The lowest BCUT2D eigenvalue weighted by Gasteiger charge is -2.20. The van der Waals surface area contributed by atoms with Crippen LogP contribution in [0.2, 0.25) is 0 Å². The van der Waals surface area contributed by atoms with E-state index >= 15 is 0 Å². The maximum absolute atomic E-state index is 12.6. The highest BCUT2D eigenvalue weighted by Crippen LogP contribution is 2.32. The number of hydrogen-bond acceptors (Lipinski definition) is 5. The first kappa shape index (κ1) is 19.3. The van der Waals surface area contributed by atoms with Gasteiger partial charge in [-0.3, -0.25) is 4.79 Å². The van der Waals surface area contributed by atoms with Crippen molar-refractivity contribution in [1.29, 1.82) is 0 Å². The van der Waals surface area contributed by atoms with Gasteiger partial charge < -0.3 is 4.90 Å². The van der Waals surface area contributed by atoms with Gasteiger partial charge in [-0.2, -0.15) is 10.1 Å². The van der Waals surface area contributed by atoms with Gasteiger partial charge in [-0.05, 0) is 55.4 Å². The van der Waals surface area contributed by atoms with Crippen molar-refractivity contribution in [2.75, 3.05) is 18.0 Å². The zero-order valence-corrected chi connectivity index (χ0v) is 17.0. The number of thiocarbonyl (C=S) groups is 1. The molecule has 0 saturated carbocycles. The van der Waals surface area contributed by atoms with Crippen molar-refractivity contribution in [2.24, 2.45) is 5.10 Å². The van der Waals surface area contributed by atoms with Gasteiger partial charge in [0.05, 0.1) is 11.1 Å². The molecule has 1 saturated heterocycles. The van der Waals surface area contributed by atoms with E-state index in [0.717, 1.165) is 24.2 Å². The Labute approximate surface area is 169 Å². The minimum absolute atomic E-state index is 0.190. The number of anilines is 1. The van der Waals surface area contributed by atoms with E-state index in [0.29, 0.717) is 9.23 Å². The van der Waals surface area contributed by atoms with Gasteiger partial charge in [0, 0.05) is 18.8 Å². The topological polar surface area (TPSA) is 35.9 Å². The molecule has 0 aromatic heterocycles. The van der Waals surface area contributed by atoms with E-state index in [1.54, 1.807) is 6.21 Å². The smallest absolute Gasteiger partial charge is 0.286 e. The molecule has 4 nitrogen and oxygen atoms in total. The lowest BCUT2D eigenvalue weighted by molar-refractivity contribution is -0.122. The predicted octanol–water partition coefficient (Wildman–Crippen LogP) is 4.77. The third kappa shape index (κ3) is 4.64. The molecule has 6 heteroatoms. The van der Waals surface area contributed by atoms with Gasteiger partial charge in [-0.1, -0.05) is 54.2 Å². The molecule has 0 spiro atoms. The molecule has 138 valence electrons. The van der Waals surface area contributed by atoms with Gasteiger partial charge in [0.1, 0.15) is 0 Å². The Morgan fingerprint density at radius 1 is 1.04 bits per heavy atom. The normalized spacial score (nSPS) is 15.9. The molecule has 0 aliphatic carbocycles. The summed E-state index contributed by atoms with van der Waals surface area (Å²) in [6.45, 7) is 6.20. The maximum Gasteiger partial charge on any atom is 0.286 e. The van der Waals surface area contributed by atoms with E-state index in [1.165, 1.54) is 22.5 Å². The average molecular weight is 396 g/mol. The highest BCUT2D eigenvalue weighted by atomic mass is 32.2. The Morgan fingerprint density at radius 2 is 1.70 bits per heavy atom. The van der Waals surface area contributed by atoms with Crippen molar-refractivity contribution < 1.29 is 4.79 Å². The highest BCUT2D eigenvalue weighted by molar-refractivity contribution is 8.26. The fourth-order valence-corrected chi connectivity index (χ4v) is 3.92. The van der Waals surface area contributed by atoms with E-state index in [-0.39, 0.29) is 5.91 Å². The predicted molar refractivity (Wildman–Crippen MR) is 119 cm³/mol. The molecule has 0 bridgehead atoms. The number of benzene rings is 2. The van der Waals surface area contributed by atoms with Gasteiger partial charge in [-0.15, -0.1) is 0 Å². The summed E-state index contributed by atoms with van der Waals surface area (Å²) in [6, 6.07) is 17.8. The van der Waals surface area contributed by atoms with Crippen molar-refractivity contribution >= 4 is 52.2 Å². The standard InChI is InChI=1S/C21H21N3OS2/c1-3-23(4-2)18-12-10-17(11-13-18)15-22-24-20(25)19(27-21(24)26)14-16-8-6-5-7-9-16/h5-15H,3-4H2,1-2H3/b19-14+,22-15+. The highest BCUT2D eigenvalue weighted by Gasteiger charge is 2.31. The molecule has 1 aliphatic rings. The molecule has 2 aromatic carbocycles. The van der Waals surface area contributed by atoms with E-state index in [4.69, 9.17) is 12.2 Å². The number of thioether (sulfide) groups is 1. The lowest BCUT2D eigenvalue weighted by Crippen LogP contribution is -2.22. The second kappa shape index (κ2) is 8.97. The largest absolute Gasteiger partial charge is 0.372 e. The number of hydrazone groups is 1. The van der Waals surface area contributed by atoms with Gasteiger partial charge in [0.25, 0.3) is 5.91 Å². The van der Waals surface area contributed by atoms with Crippen LogP contribution in [0.1, 0.15) is 25.0 Å². The minimum atomic E-state index is -0.190. The molecular formula is C21H21N3OS2. The Hall–Kier alpha value is -2.44. The van der Waals surface area contributed by atoms with E-state index in [9.17, 15) is 4.79 Å². The summed E-state index contributed by atoms with van der Waals surface area (Å²) in [5.41, 5.74) is 3.06. The quantitative estimate of drug-likeness (QED) is 0.401. The first-order chi connectivity index (χ1) is 13.1. The van der Waals surface area contributed by atoms with Crippen LogP contribution in [0.15, 0.2) is 64.6 Å². The number of rotatable bonds is 6. The minimum Gasteiger partial charge on any atom is -0.372 e. The summed E-state index contributed by atoms with van der Waals surface area (Å²) in [5.74, 6) is -0.190. The van der Waals surface area contributed by atoms with Crippen LogP contribution in [-0.2, 0) is 4.79 Å². The molecule has 1 heterocycles. The summed E-state index contributed by atoms with van der Waals surface area (Å²) in [7, 11) is 0. The molecule has 0 atom stereocenters. The van der Waals surface area contributed by atoms with Crippen molar-refractivity contribution in [1.82, 2.24) is 5.01 Å². The molecular weight excluding hydrogens is 374 g/mol. The lowest BCUT2D eigenvalue weighted by atomic mass is 10.2. The average Bonchev–Trinajstić information content (AvgIpc) is 2.96. The zero-order valence-electron chi connectivity index (χ0n) is 15.3. The second-order valence-electron chi connectivity index (χ2n) is 5.91. The fraction of sp³-hybridized carbons (Fsp3) is 0.190. The Kier molecular flexibility index (Phi) is 6.42. The monoisotopic (exact) mass is 395 g/mol. The first-order valence-corrected chi connectivity index (χ1v) is 10.1.